The summed E-state index contributed by atoms with van der Waals surface area (Å²) in [5.74, 6) is 6.07. The molecule has 1 atom stereocenters. The van der Waals surface area contributed by atoms with Gasteiger partial charge in [-0.25, -0.2) is 5.84 Å². The molecule has 0 bridgehead atoms. The lowest BCUT2D eigenvalue weighted by Crippen LogP contribution is -2.46. The van der Waals surface area contributed by atoms with Crippen molar-refractivity contribution < 1.29 is 9.53 Å². The summed E-state index contributed by atoms with van der Waals surface area (Å²) in [5, 5.41) is 1.03. The summed E-state index contributed by atoms with van der Waals surface area (Å²) < 4.78 is 5.54. The number of amides is 1. The van der Waals surface area contributed by atoms with Crippen molar-refractivity contribution >= 4 is 5.91 Å². The number of benzene rings is 1. The molecule has 5 heteroatoms. The molecule has 1 unspecified atom stereocenters. The van der Waals surface area contributed by atoms with Crippen LogP contribution in [0.25, 0.3) is 0 Å². The van der Waals surface area contributed by atoms with Crippen LogP contribution in [0.4, 0.5) is 0 Å². The maximum atomic E-state index is 11.6. The van der Waals surface area contributed by atoms with Crippen LogP contribution in [0.15, 0.2) is 18.2 Å². The lowest BCUT2D eigenvalue weighted by atomic mass is 9.99. The second kappa shape index (κ2) is 5.37. The van der Waals surface area contributed by atoms with Crippen molar-refractivity contribution in [2.75, 3.05) is 13.7 Å². The highest BCUT2D eigenvalue weighted by molar-refractivity contribution is 5.81. The van der Waals surface area contributed by atoms with Crippen molar-refractivity contribution in [3.05, 3.63) is 29.3 Å². The van der Waals surface area contributed by atoms with Gasteiger partial charge in [0.2, 0.25) is 0 Å². The molecular weight excluding hydrogens is 230 g/mol. The molecule has 0 aliphatic carbocycles. The molecule has 1 aromatic rings. The van der Waals surface area contributed by atoms with Crippen LogP contribution in [0, 0.1) is 0 Å². The third-order valence-electron chi connectivity index (χ3n) is 3.09. The van der Waals surface area contributed by atoms with Gasteiger partial charge in [0, 0.05) is 7.05 Å². The Hall–Kier alpha value is -1.59. The predicted molar refractivity (Wildman–Crippen MR) is 68.9 cm³/mol. The van der Waals surface area contributed by atoms with Gasteiger partial charge in [-0.05, 0) is 36.5 Å². The van der Waals surface area contributed by atoms with E-state index in [1.165, 1.54) is 12.6 Å². The molecule has 98 valence electrons. The highest BCUT2D eigenvalue weighted by Gasteiger charge is 2.17. The Morgan fingerprint density at radius 1 is 1.56 bits per heavy atom. The van der Waals surface area contributed by atoms with Crippen molar-refractivity contribution in [3.8, 4) is 5.75 Å². The van der Waals surface area contributed by atoms with Gasteiger partial charge in [-0.3, -0.25) is 9.80 Å². The van der Waals surface area contributed by atoms with E-state index in [1.807, 2.05) is 12.1 Å². The monoisotopic (exact) mass is 249 g/mol. The van der Waals surface area contributed by atoms with Gasteiger partial charge in [-0.1, -0.05) is 12.1 Å². The van der Waals surface area contributed by atoms with E-state index in [-0.39, 0.29) is 5.91 Å². The number of nitrogens with zero attached hydrogens (tertiary/aromatic N) is 1. The first-order valence-electron chi connectivity index (χ1n) is 6.10. The number of carbonyl (C=O) groups is 1. The van der Waals surface area contributed by atoms with Gasteiger partial charge in [0.05, 0.1) is 12.6 Å². The lowest BCUT2D eigenvalue weighted by molar-refractivity contribution is -0.131. The summed E-state index contributed by atoms with van der Waals surface area (Å²) in [4.78, 5) is 11.6. The molecule has 4 N–H and O–H groups in total. The molecule has 0 aromatic heterocycles. The molecule has 5 nitrogen and oxygen atoms in total. The molecule has 18 heavy (non-hydrogen) atoms. The minimum Gasteiger partial charge on any atom is -0.493 e. The van der Waals surface area contributed by atoms with Crippen LogP contribution >= 0.6 is 0 Å². The quantitative estimate of drug-likeness (QED) is 0.456. The number of ether oxygens (including phenoxy) is 1. The smallest absolute Gasteiger partial charge is 0.253 e. The van der Waals surface area contributed by atoms with Gasteiger partial charge in [-0.2, -0.15) is 0 Å². The summed E-state index contributed by atoms with van der Waals surface area (Å²) >= 11 is 0. The summed E-state index contributed by atoms with van der Waals surface area (Å²) in [5.41, 5.74) is 8.06. The number of hydrazine groups is 1. The fraction of sp³-hybridized carbons (Fsp3) is 0.462. The lowest BCUT2D eigenvalue weighted by Gasteiger charge is -2.19. The molecule has 0 saturated carbocycles. The maximum absolute atomic E-state index is 11.6. The molecule has 0 fully saturated rings. The van der Waals surface area contributed by atoms with Gasteiger partial charge in [0.15, 0.2) is 0 Å². The van der Waals surface area contributed by atoms with Crippen LogP contribution in [-0.2, 0) is 17.6 Å². The van der Waals surface area contributed by atoms with Crippen molar-refractivity contribution in [2.45, 2.75) is 25.3 Å². The van der Waals surface area contributed by atoms with E-state index in [1.54, 1.807) is 0 Å². The van der Waals surface area contributed by atoms with E-state index in [2.05, 4.69) is 6.07 Å². The Kier molecular flexibility index (Phi) is 3.84. The van der Waals surface area contributed by atoms with E-state index in [4.69, 9.17) is 16.3 Å². The van der Waals surface area contributed by atoms with E-state index in [0.717, 1.165) is 35.8 Å². The third kappa shape index (κ3) is 2.80. The Morgan fingerprint density at radius 2 is 2.33 bits per heavy atom. The Labute approximate surface area is 107 Å². The average molecular weight is 249 g/mol. The van der Waals surface area contributed by atoms with Gasteiger partial charge in [0.25, 0.3) is 5.91 Å². The number of fused-ring (bicyclic) bond motifs is 1. The highest BCUT2D eigenvalue weighted by atomic mass is 16.5. The zero-order valence-corrected chi connectivity index (χ0v) is 10.6. The fourth-order valence-corrected chi connectivity index (χ4v) is 2.14. The largest absolute Gasteiger partial charge is 0.493 e. The Bertz CT molecular complexity index is 446. The normalized spacial score (nSPS) is 15.5. The third-order valence-corrected chi connectivity index (χ3v) is 3.09. The van der Waals surface area contributed by atoms with Crippen molar-refractivity contribution in [3.63, 3.8) is 0 Å². The summed E-state index contributed by atoms with van der Waals surface area (Å²) in [7, 11) is 1.50. The van der Waals surface area contributed by atoms with E-state index in [0.29, 0.717) is 6.42 Å². The van der Waals surface area contributed by atoms with Crippen LogP contribution in [0.3, 0.4) is 0 Å². The average Bonchev–Trinajstić information content (AvgIpc) is 2.37. The van der Waals surface area contributed by atoms with Gasteiger partial charge in [0.1, 0.15) is 5.75 Å². The zero-order chi connectivity index (χ0) is 13.1. The van der Waals surface area contributed by atoms with Gasteiger partial charge >= 0.3 is 0 Å². The molecule has 1 heterocycles. The van der Waals surface area contributed by atoms with E-state index in [9.17, 15) is 4.79 Å². The second-order valence-corrected chi connectivity index (χ2v) is 4.65. The topological polar surface area (TPSA) is 81.6 Å². The number of hydrogen-bond donors (Lipinski definition) is 2. The molecule has 0 spiro atoms. The van der Waals surface area contributed by atoms with Crippen LogP contribution in [0.1, 0.15) is 17.5 Å². The second-order valence-electron chi connectivity index (χ2n) is 4.65. The SMILES string of the molecule is CN(N)C(=O)C(N)Cc1ccc2c(c1)CCCO2. The number of aryl methyl sites for hydroxylation is 1. The number of likely N-dealkylation sites (N-methyl/N-ethyl adjacent to an activating group) is 1. The molecule has 0 saturated heterocycles. The van der Waals surface area contributed by atoms with E-state index >= 15 is 0 Å². The number of carbonyl (C=O) groups excluding carboxylic acids is 1. The van der Waals surface area contributed by atoms with Crippen LogP contribution in [0.5, 0.6) is 5.75 Å². The fourth-order valence-electron chi connectivity index (χ4n) is 2.14. The number of nitrogens with two attached hydrogens (primary N) is 2. The molecular formula is C13H19N3O2. The zero-order valence-electron chi connectivity index (χ0n) is 10.6. The maximum Gasteiger partial charge on any atom is 0.253 e. The summed E-state index contributed by atoms with van der Waals surface area (Å²) in [6.45, 7) is 0.780. The van der Waals surface area contributed by atoms with Crippen molar-refractivity contribution in [1.82, 2.24) is 5.01 Å². The highest BCUT2D eigenvalue weighted by Crippen LogP contribution is 2.25. The standard InChI is InChI=1S/C13H19N3O2/c1-16(15)13(17)11(14)8-9-4-5-12-10(7-9)3-2-6-18-12/h4-5,7,11H,2-3,6,8,14-15H2,1H3. The summed E-state index contributed by atoms with van der Waals surface area (Å²) in [6.07, 6.45) is 2.55. The van der Waals surface area contributed by atoms with Crippen LogP contribution < -0.4 is 16.3 Å². The van der Waals surface area contributed by atoms with Crippen LogP contribution in [-0.4, -0.2) is 30.6 Å². The molecule has 1 aliphatic rings. The Balaban J connectivity index is 2.08. The van der Waals surface area contributed by atoms with Crippen molar-refractivity contribution in [2.24, 2.45) is 11.6 Å². The summed E-state index contributed by atoms with van der Waals surface area (Å²) in [6, 6.07) is 5.38. The van der Waals surface area contributed by atoms with Crippen molar-refractivity contribution in [1.29, 1.82) is 0 Å². The number of hydrogen-bond acceptors (Lipinski definition) is 4. The predicted octanol–water partition coefficient (Wildman–Crippen LogP) is 0.214. The Morgan fingerprint density at radius 3 is 3.06 bits per heavy atom. The van der Waals surface area contributed by atoms with Gasteiger partial charge < -0.3 is 10.5 Å². The van der Waals surface area contributed by atoms with Gasteiger partial charge in [-0.15, -0.1) is 0 Å². The minimum absolute atomic E-state index is 0.260. The molecule has 1 aliphatic heterocycles. The minimum atomic E-state index is -0.595. The molecule has 0 radical (unpaired) electrons. The number of rotatable bonds is 3. The first-order chi connectivity index (χ1) is 8.58. The molecule has 1 amide bonds. The molecule has 1 aromatic carbocycles. The van der Waals surface area contributed by atoms with E-state index < -0.39 is 6.04 Å². The van der Waals surface area contributed by atoms with Crippen LogP contribution in [0.2, 0.25) is 0 Å². The molecule has 2 rings (SSSR count). The first-order valence-corrected chi connectivity index (χ1v) is 6.10. The first kappa shape index (κ1) is 12.9.